The molecule has 5 nitrogen and oxygen atoms in total. The molecule has 29 heavy (non-hydrogen) atoms. The summed E-state index contributed by atoms with van der Waals surface area (Å²) in [6, 6.07) is 24.1. The lowest BCUT2D eigenvalue weighted by atomic mass is 10.1. The fourth-order valence-corrected chi connectivity index (χ4v) is 3.06. The smallest absolute Gasteiger partial charge is 0.251 e. The molecule has 0 saturated carbocycles. The Morgan fingerprint density at radius 1 is 0.931 bits per heavy atom. The lowest BCUT2D eigenvalue weighted by Gasteiger charge is -2.17. The van der Waals surface area contributed by atoms with Crippen LogP contribution in [0.1, 0.15) is 28.9 Å². The highest BCUT2D eigenvalue weighted by atomic mass is 35.5. The average Bonchev–Trinajstić information content (AvgIpc) is 2.75. The second-order valence-corrected chi connectivity index (χ2v) is 6.98. The van der Waals surface area contributed by atoms with E-state index < -0.39 is 0 Å². The molecule has 2 amide bonds. The van der Waals surface area contributed by atoms with Crippen LogP contribution in [0.2, 0.25) is 5.02 Å². The van der Waals surface area contributed by atoms with Crippen LogP contribution >= 0.6 is 11.6 Å². The van der Waals surface area contributed by atoms with E-state index in [2.05, 4.69) is 22.9 Å². The largest absolute Gasteiger partial charge is 0.377 e. The Bertz CT molecular complexity index is 978. The topological polar surface area (TPSA) is 70.2 Å². The Labute approximate surface area is 175 Å². The van der Waals surface area contributed by atoms with Gasteiger partial charge in [-0.3, -0.25) is 9.59 Å². The summed E-state index contributed by atoms with van der Waals surface area (Å²) < 4.78 is 0. The quantitative estimate of drug-likeness (QED) is 0.522. The summed E-state index contributed by atoms with van der Waals surface area (Å²) in [5, 5.41) is 9.19. The van der Waals surface area contributed by atoms with Crippen molar-refractivity contribution in [3.8, 4) is 0 Å². The number of amides is 2. The molecule has 3 aromatic carbocycles. The van der Waals surface area contributed by atoms with Gasteiger partial charge in [-0.1, -0.05) is 60.1 Å². The molecule has 0 bridgehead atoms. The molecule has 0 aliphatic rings. The summed E-state index contributed by atoms with van der Waals surface area (Å²) >= 11 is 6.37. The molecule has 0 fully saturated rings. The highest BCUT2D eigenvalue weighted by Gasteiger charge is 2.11. The van der Waals surface area contributed by atoms with E-state index >= 15 is 0 Å². The lowest BCUT2D eigenvalue weighted by Crippen LogP contribution is -2.32. The summed E-state index contributed by atoms with van der Waals surface area (Å²) in [6.45, 7) is 1.92. The van der Waals surface area contributed by atoms with Crippen LogP contribution in [0.3, 0.4) is 0 Å². The zero-order chi connectivity index (χ0) is 20.6. The van der Waals surface area contributed by atoms with Crippen molar-refractivity contribution in [2.75, 3.05) is 17.2 Å². The first-order valence-electron chi connectivity index (χ1n) is 9.27. The van der Waals surface area contributed by atoms with Gasteiger partial charge < -0.3 is 16.0 Å². The third-order valence-corrected chi connectivity index (χ3v) is 4.68. The maximum absolute atomic E-state index is 12.1. The van der Waals surface area contributed by atoms with E-state index in [0.717, 1.165) is 11.3 Å². The van der Waals surface area contributed by atoms with Crippen molar-refractivity contribution < 1.29 is 9.59 Å². The number of rotatable bonds is 7. The van der Waals surface area contributed by atoms with Crippen molar-refractivity contribution >= 4 is 34.8 Å². The minimum atomic E-state index is -0.330. The standard InChI is InChI=1S/C23H22ClN3O2/c1-16(17-8-4-2-5-9-17)26-21-13-12-19(14-20(21)24)27-22(28)15-25-23(29)18-10-6-3-7-11-18/h2-14,16,26H,15H2,1H3,(H,25,29)(H,27,28). The zero-order valence-corrected chi connectivity index (χ0v) is 16.7. The number of nitrogens with one attached hydrogen (secondary N) is 3. The van der Waals surface area contributed by atoms with Crippen LogP contribution in [0.5, 0.6) is 0 Å². The van der Waals surface area contributed by atoms with Gasteiger partial charge in [0.15, 0.2) is 0 Å². The number of anilines is 2. The Balaban J connectivity index is 1.54. The van der Waals surface area contributed by atoms with Crippen molar-refractivity contribution in [2.45, 2.75) is 13.0 Å². The number of hydrogen-bond acceptors (Lipinski definition) is 3. The molecule has 0 radical (unpaired) electrons. The van der Waals surface area contributed by atoms with Crippen LogP contribution in [0.4, 0.5) is 11.4 Å². The van der Waals surface area contributed by atoms with Crippen molar-refractivity contribution in [3.05, 3.63) is 95.0 Å². The van der Waals surface area contributed by atoms with Crippen molar-refractivity contribution in [1.82, 2.24) is 5.32 Å². The van der Waals surface area contributed by atoms with Crippen LogP contribution in [0.15, 0.2) is 78.9 Å². The minimum Gasteiger partial charge on any atom is -0.377 e. The molecule has 0 aliphatic heterocycles. The molecule has 0 heterocycles. The molecular formula is C23H22ClN3O2. The molecule has 148 valence electrons. The number of carbonyl (C=O) groups excluding carboxylic acids is 2. The molecule has 3 aromatic rings. The second kappa shape index (κ2) is 9.75. The van der Waals surface area contributed by atoms with Crippen molar-refractivity contribution in [1.29, 1.82) is 0 Å². The Morgan fingerprint density at radius 2 is 1.59 bits per heavy atom. The maximum atomic E-state index is 12.1. The zero-order valence-electron chi connectivity index (χ0n) is 16.0. The van der Waals surface area contributed by atoms with Gasteiger partial charge in [0.1, 0.15) is 0 Å². The molecule has 6 heteroatoms. The molecule has 0 aromatic heterocycles. The average molecular weight is 408 g/mol. The van der Waals surface area contributed by atoms with E-state index in [-0.39, 0.29) is 24.4 Å². The van der Waals surface area contributed by atoms with Crippen LogP contribution < -0.4 is 16.0 Å². The lowest BCUT2D eigenvalue weighted by molar-refractivity contribution is -0.115. The van der Waals surface area contributed by atoms with Gasteiger partial charge in [-0.2, -0.15) is 0 Å². The first-order valence-corrected chi connectivity index (χ1v) is 9.65. The normalized spacial score (nSPS) is 11.4. The summed E-state index contributed by atoms with van der Waals surface area (Å²) in [6.07, 6.45) is 0. The monoisotopic (exact) mass is 407 g/mol. The number of carbonyl (C=O) groups is 2. The van der Waals surface area contributed by atoms with E-state index in [1.54, 1.807) is 36.4 Å². The molecular weight excluding hydrogens is 386 g/mol. The predicted molar refractivity (Wildman–Crippen MR) is 117 cm³/mol. The minimum absolute atomic E-state index is 0.0855. The van der Waals surface area contributed by atoms with Gasteiger partial charge in [-0.05, 0) is 42.8 Å². The molecule has 0 aliphatic carbocycles. The highest BCUT2D eigenvalue weighted by molar-refractivity contribution is 6.33. The summed E-state index contributed by atoms with van der Waals surface area (Å²) in [7, 11) is 0. The van der Waals surface area contributed by atoms with Crippen LogP contribution in [-0.2, 0) is 4.79 Å². The van der Waals surface area contributed by atoms with Crippen molar-refractivity contribution in [2.24, 2.45) is 0 Å². The van der Waals surface area contributed by atoms with Crippen LogP contribution in [0.25, 0.3) is 0 Å². The van der Waals surface area contributed by atoms with E-state index in [0.29, 0.717) is 16.3 Å². The molecule has 0 saturated heterocycles. The van der Waals surface area contributed by atoms with Gasteiger partial charge >= 0.3 is 0 Å². The number of halogens is 1. The van der Waals surface area contributed by atoms with E-state index in [4.69, 9.17) is 11.6 Å². The van der Waals surface area contributed by atoms with Gasteiger partial charge in [0.2, 0.25) is 5.91 Å². The third kappa shape index (κ3) is 5.83. The first kappa shape index (κ1) is 20.4. The second-order valence-electron chi connectivity index (χ2n) is 6.57. The van der Waals surface area contributed by atoms with Crippen LogP contribution in [0, 0.1) is 0 Å². The molecule has 3 N–H and O–H groups in total. The first-order chi connectivity index (χ1) is 14.0. The molecule has 1 unspecified atom stereocenters. The Hall–Kier alpha value is -3.31. The number of hydrogen-bond donors (Lipinski definition) is 3. The fraction of sp³-hybridized carbons (Fsp3) is 0.130. The van der Waals surface area contributed by atoms with E-state index in [9.17, 15) is 9.59 Å². The Morgan fingerprint density at radius 3 is 2.24 bits per heavy atom. The number of benzene rings is 3. The summed E-state index contributed by atoms with van der Waals surface area (Å²) in [4.78, 5) is 24.1. The highest BCUT2D eigenvalue weighted by Crippen LogP contribution is 2.28. The summed E-state index contributed by atoms with van der Waals surface area (Å²) in [5.41, 5.74) is 2.99. The van der Waals surface area contributed by atoms with Gasteiger partial charge in [0.25, 0.3) is 5.91 Å². The van der Waals surface area contributed by atoms with Crippen molar-refractivity contribution in [3.63, 3.8) is 0 Å². The third-order valence-electron chi connectivity index (χ3n) is 4.37. The van der Waals surface area contributed by atoms with E-state index in [1.807, 2.05) is 42.5 Å². The van der Waals surface area contributed by atoms with Gasteiger partial charge in [-0.25, -0.2) is 0 Å². The maximum Gasteiger partial charge on any atom is 0.251 e. The molecule has 3 rings (SSSR count). The van der Waals surface area contributed by atoms with Gasteiger partial charge in [0, 0.05) is 17.3 Å². The molecule has 0 spiro atoms. The summed E-state index contributed by atoms with van der Waals surface area (Å²) in [5.74, 6) is -0.628. The van der Waals surface area contributed by atoms with Crippen LogP contribution in [-0.4, -0.2) is 18.4 Å². The Kier molecular flexibility index (Phi) is 6.87. The SMILES string of the molecule is CC(Nc1ccc(NC(=O)CNC(=O)c2ccccc2)cc1Cl)c1ccccc1. The van der Waals surface area contributed by atoms with E-state index in [1.165, 1.54) is 0 Å². The van der Waals surface area contributed by atoms with Gasteiger partial charge in [0.05, 0.1) is 17.3 Å². The van der Waals surface area contributed by atoms with Gasteiger partial charge in [-0.15, -0.1) is 0 Å². The fourth-order valence-electron chi connectivity index (χ4n) is 2.83. The molecule has 1 atom stereocenters. The predicted octanol–water partition coefficient (Wildman–Crippen LogP) is 4.88.